The second-order valence-electron chi connectivity index (χ2n) is 9.25. The molecular formula is C25H32N2O2S. The summed E-state index contributed by atoms with van der Waals surface area (Å²) in [4.78, 5) is 0.373. The van der Waals surface area contributed by atoms with E-state index in [-0.39, 0.29) is 0 Å². The zero-order valence-electron chi connectivity index (χ0n) is 17.6. The summed E-state index contributed by atoms with van der Waals surface area (Å²) in [5.41, 5.74) is 3.47. The number of rotatable bonds is 7. The van der Waals surface area contributed by atoms with Gasteiger partial charge in [0, 0.05) is 6.54 Å². The van der Waals surface area contributed by atoms with Crippen molar-refractivity contribution >= 4 is 15.7 Å². The molecule has 2 aromatic carbocycles. The minimum absolute atomic E-state index is 0.373. The Morgan fingerprint density at radius 2 is 1.80 bits per heavy atom. The van der Waals surface area contributed by atoms with Crippen molar-refractivity contribution in [1.29, 1.82) is 0 Å². The minimum atomic E-state index is -3.47. The Bertz CT molecular complexity index is 983. The van der Waals surface area contributed by atoms with Crippen molar-refractivity contribution in [2.24, 2.45) is 11.8 Å². The van der Waals surface area contributed by atoms with Crippen LogP contribution in [-0.4, -0.2) is 28.1 Å². The molecule has 0 radical (unpaired) electrons. The summed E-state index contributed by atoms with van der Waals surface area (Å²) in [5.74, 6) is 2.44. The molecule has 1 saturated carbocycles. The van der Waals surface area contributed by atoms with E-state index in [9.17, 15) is 8.42 Å². The Hall–Kier alpha value is -1.85. The predicted octanol–water partition coefficient (Wildman–Crippen LogP) is 4.71. The van der Waals surface area contributed by atoms with Gasteiger partial charge >= 0.3 is 0 Å². The Labute approximate surface area is 180 Å². The summed E-state index contributed by atoms with van der Waals surface area (Å²) < 4.78 is 27.7. The fourth-order valence-electron chi connectivity index (χ4n) is 5.41. The number of piperidine rings is 1. The van der Waals surface area contributed by atoms with Gasteiger partial charge in [0.25, 0.3) is 10.0 Å². The first-order valence-corrected chi connectivity index (χ1v) is 13.0. The highest BCUT2D eigenvalue weighted by atomic mass is 32.2. The number of hydrogen-bond donors (Lipinski definition) is 1. The van der Waals surface area contributed by atoms with Crippen LogP contribution in [0.3, 0.4) is 0 Å². The number of anilines is 1. The maximum atomic E-state index is 13.1. The van der Waals surface area contributed by atoms with Crippen LogP contribution in [0.1, 0.15) is 55.6 Å². The molecule has 2 aromatic rings. The van der Waals surface area contributed by atoms with Gasteiger partial charge in [-0.1, -0.05) is 43.2 Å². The Morgan fingerprint density at radius 3 is 2.60 bits per heavy atom. The minimum Gasteiger partial charge on any atom is -0.317 e. The van der Waals surface area contributed by atoms with E-state index in [0.717, 1.165) is 23.9 Å². The molecule has 0 bridgehead atoms. The van der Waals surface area contributed by atoms with Gasteiger partial charge < -0.3 is 5.32 Å². The van der Waals surface area contributed by atoms with Gasteiger partial charge in [0.05, 0.1) is 10.6 Å². The van der Waals surface area contributed by atoms with Crippen molar-refractivity contribution in [3.05, 3.63) is 59.7 Å². The van der Waals surface area contributed by atoms with E-state index in [0.29, 0.717) is 17.4 Å². The number of nitrogens with zero attached hydrogens (tertiary/aromatic N) is 1. The average Bonchev–Trinajstić information content (AvgIpc) is 3.42. The molecule has 2 unspecified atom stereocenters. The first kappa shape index (κ1) is 20.1. The summed E-state index contributed by atoms with van der Waals surface area (Å²) >= 11 is 0. The molecule has 0 amide bonds. The molecule has 2 aliphatic heterocycles. The van der Waals surface area contributed by atoms with Gasteiger partial charge in [-0.05, 0) is 92.3 Å². The number of benzene rings is 2. The largest absolute Gasteiger partial charge is 0.317 e. The highest BCUT2D eigenvalue weighted by Gasteiger charge is 2.39. The van der Waals surface area contributed by atoms with E-state index in [2.05, 4.69) is 17.4 Å². The van der Waals surface area contributed by atoms with Crippen LogP contribution < -0.4 is 9.62 Å². The third-order valence-electron chi connectivity index (χ3n) is 7.28. The Balaban J connectivity index is 1.21. The predicted molar refractivity (Wildman–Crippen MR) is 121 cm³/mol. The van der Waals surface area contributed by atoms with E-state index in [4.69, 9.17) is 0 Å². The van der Waals surface area contributed by atoms with Crippen LogP contribution in [0.25, 0.3) is 0 Å². The summed E-state index contributed by atoms with van der Waals surface area (Å²) in [6.07, 6.45) is 8.91. The van der Waals surface area contributed by atoms with Crippen molar-refractivity contribution in [2.75, 3.05) is 23.9 Å². The van der Waals surface area contributed by atoms with Crippen LogP contribution in [-0.2, 0) is 16.4 Å². The number of fused-ring (bicyclic) bond motifs is 1. The molecule has 160 valence electrons. The zero-order valence-corrected chi connectivity index (χ0v) is 18.4. The lowest BCUT2D eigenvalue weighted by Gasteiger charge is -2.22. The number of hydrogen-bond acceptors (Lipinski definition) is 3. The molecule has 2 fully saturated rings. The molecule has 2 atom stereocenters. The lowest BCUT2D eigenvalue weighted by molar-refractivity contribution is 0.341. The van der Waals surface area contributed by atoms with E-state index in [1.807, 2.05) is 12.1 Å². The normalized spacial score (nSPS) is 24.1. The third kappa shape index (κ3) is 4.02. The first-order chi connectivity index (χ1) is 14.6. The molecule has 3 aliphatic rings. The Kier molecular flexibility index (Phi) is 5.59. The lowest BCUT2D eigenvalue weighted by Crippen LogP contribution is -2.29. The molecule has 4 nitrogen and oxygen atoms in total. The van der Waals surface area contributed by atoms with Gasteiger partial charge in [0.15, 0.2) is 0 Å². The summed E-state index contributed by atoms with van der Waals surface area (Å²) in [5, 5.41) is 3.46. The molecule has 1 N–H and O–H groups in total. The molecular weight excluding hydrogens is 392 g/mol. The van der Waals surface area contributed by atoms with Crippen molar-refractivity contribution in [2.45, 2.75) is 55.8 Å². The monoisotopic (exact) mass is 424 g/mol. The fourth-order valence-corrected chi connectivity index (χ4v) is 6.93. The zero-order chi connectivity index (χ0) is 20.6. The summed E-state index contributed by atoms with van der Waals surface area (Å²) in [7, 11) is -3.47. The van der Waals surface area contributed by atoms with Crippen molar-refractivity contribution in [3.8, 4) is 0 Å². The second kappa shape index (κ2) is 8.35. The molecule has 30 heavy (non-hydrogen) atoms. The average molecular weight is 425 g/mol. The maximum absolute atomic E-state index is 13.1. The molecule has 2 heterocycles. The molecule has 5 heteroatoms. The molecule has 1 saturated heterocycles. The van der Waals surface area contributed by atoms with Crippen molar-refractivity contribution < 1.29 is 8.42 Å². The van der Waals surface area contributed by atoms with Gasteiger partial charge in [-0.25, -0.2) is 8.42 Å². The van der Waals surface area contributed by atoms with Crippen molar-refractivity contribution in [1.82, 2.24) is 5.32 Å². The van der Waals surface area contributed by atoms with E-state index in [1.54, 1.807) is 28.6 Å². The lowest BCUT2D eigenvalue weighted by atomic mass is 9.91. The van der Waals surface area contributed by atoms with Gasteiger partial charge in [-0.2, -0.15) is 0 Å². The van der Waals surface area contributed by atoms with Crippen LogP contribution in [0.5, 0.6) is 0 Å². The van der Waals surface area contributed by atoms with Gasteiger partial charge in [-0.3, -0.25) is 4.31 Å². The van der Waals surface area contributed by atoms with E-state index < -0.39 is 10.0 Å². The molecule has 5 rings (SSSR count). The van der Waals surface area contributed by atoms with Gasteiger partial charge in [0.2, 0.25) is 0 Å². The molecule has 1 aliphatic carbocycles. The van der Waals surface area contributed by atoms with Crippen molar-refractivity contribution in [3.63, 3.8) is 0 Å². The number of sulfonamides is 1. The highest BCUT2D eigenvalue weighted by molar-refractivity contribution is 7.92. The SMILES string of the molecule is O=S(=O)(c1ccccc1)N1CCc2cc(C3CC3CCCC3CCNCC3)ccc21. The summed E-state index contributed by atoms with van der Waals surface area (Å²) in [6.45, 7) is 2.94. The second-order valence-corrected chi connectivity index (χ2v) is 11.1. The standard InChI is InChI=1S/C25H32N2O2S/c28-30(29,23-7-2-1-3-8-23)27-16-13-22-17-21(9-10-25(22)27)24-18-20(24)6-4-5-19-11-14-26-15-12-19/h1-3,7-10,17,19-20,24,26H,4-6,11-16,18H2. The first-order valence-electron chi connectivity index (χ1n) is 11.5. The molecule has 0 aromatic heterocycles. The van der Waals surface area contributed by atoms with Crippen LogP contribution >= 0.6 is 0 Å². The van der Waals surface area contributed by atoms with Gasteiger partial charge in [0.1, 0.15) is 0 Å². The van der Waals surface area contributed by atoms with Crippen LogP contribution in [0.2, 0.25) is 0 Å². The topological polar surface area (TPSA) is 49.4 Å². The number of nitrogens with one attached hydrogen (secondary N) is 1. The third-order valence-corrected chi connectivity index (χ3v) is 9.11. The van der Waals surface area contributed by atoms with Gasteiger partial charge in [-0.15, -0.1) is 0 Å². The van der Waals surface area contributed by atoms with Crippen LogP contribution in [0, 0.1) is 11.8 Å². The highest BCUT2D eigenvalue weighted by Crippen LogP contribution is 2.51. The Morgan fingerprint density at radius 1 is 1.00 bits per heavy atom. The smallest absolute Gasteiger partial charge is 0.264 e. The van der Waals surface area contributed by atoms with E-state index >= 15 is 0 Å². The van der Waals surface area contributed by atoms with E-state index in [1.165, 1.54) is 62.7 Å². The molecule has 0 spiro atoms. The van der Waals surface area contributed by atoms with Crippen LogP contribution in [0.4, 0.5) is 5.69 Å². The fraction of sp³-hybridized carbons (Fsp3) is 0.520. The maximum Gasteiger partial charge on any atom is 0.264 e. The van der Waals surface area contributed by atoms with Crippen LogP contribution in [0.15, 0.2) is 53.4 Å². The quantitative estimate of drug-likeness (QED) is 0.700. The summed E-state index contributed by atoms with van der Waals surface area (Å²) in [6, 6.07) is 15.3.